The molecule has 106 valence electrons. The van der Waals surface area contributed by atoms with Gasteiger partial charge in [0.25, 0.3) is 0 Å². The minimum Gasteiger partial charge on any atom is -0.341 e. The molecule has 2 aliphatic heterocycles. The Kier molecular flexibility index (Phi) is 3.25. The number of carbonyl (C=O) groups excluding carboxylic acids is 2. The van der Waals surface area contributed by atoms with Crippen molar-refractivity contribution in [2.24, 2.45) is 5.41 Å². The van der Waals surface area contributed by atoms with E-state index in [1.165, 1.54) is 0 Å². The molecular weight excluding hydrogens is 242 g/mol. The van der Waals surface area contributed by atoms with Gasteiger partial charge in [-0.1, -0.05) is 0 Å². The van der Waals surface area contributed by atoms with Gasteiger partial charge in [0.05, 0.1) is 6.54 Å². The van der Waals surface area contributed by atoms with E-state index in [1.807, 2.05) is 11.9 Å². The first-order chi connectivity index (χ1) is 9.10. The van der Waals surface area contributed by atoms with Gasteiger partial charge in [0, 0.05) is 26.1 Å². The molecule has 1 spiro atoms. The van der Waals surface area contributed by atoms with Crippen LogP contribution in [0.15, 0.2) is 0 Å². The molecule has 19 heavy (non-hydrogen) atoms. The molecule has 3 aliphatic rings. The summed E-state index contributed by atoms with van der Waals surface area (Å²) in [5, 5.41) is 3.34. The molecule has 5 nitrogen and oxygen atoms in total. The molecule has 0 aromatic rings. The summed E-state index contributed by atoms with van der Waals surface area (Å²) in [5.74, 6) is 0.265. The van der Waals surface area contributed by atoms with Gasteiger partial charge in [0.15, 0.2) is 0 Å². The van der Waals surface area contributed by atoms with Crippen molar-refractivity contribution in [1.29, 1.82) is 0 Å². The van der Waals surface area contributed by atoms with Gasteiger partial charge in [-0.05, 0) is 44.2 Å². The third kappa shape index (κ3) is 2.61. The molecule has 0 atom stereocenters. The summed E-state index contributed by atoms with van der Waals surface area (Å²) in [5.41, 5.74) is 0.140. The van der Waals surface area contributed by atoms with Crippen LogP contribution >= 0.6 is 0 Å². The SMILES string of the molecule is CN(C(=O)CN1CC2(CCNCC2)CC1=O)C1CC1. The van der Waals surface area contributed by atoms with Gasteiger partial charge < -0.3 is 15.1 Å². The molecule has 2 saturated heterocycles. The average Bonchev–Trinajstić information content (AvgIpc) is 3.18. The molecule has 5 heteroatoms. The van der Waals surface area contributed by atoms with E-state index in [-0.39, 0.29) is 23.8 Å². The number of hydrogen-bond acceptors (Lipinski definition) is 3. The van der Waals surface area contributed by atoms with E-state index in [1.54, 1.807) is 4.90 Å². The zero-order chi connectivity index (χ0) is 13.5. The van der Waals surface area contributed by atoms with Gasteiger partial charge in [-0.25, -0.2) is 0 Å². The lowest BCUT2D eigenvalue weighted by Crippen LogP contribution is -2.42. The molecule has 1 N–H and O–H groups in total. The Labute approximate surface area is 114 Å². The monoisotopic (exact) mass is 265 g/mol. The average molecular weight is 265 g/mol. The van der Waals surface area contributed by atoms with Crippen LogP contribution in [0, 0.1) is 5.41 Å². The maximum Gasteiger partial charge on any atom is 0.242 e. The van der Waals surface area contributed by atoms with Crippen LogP contribution in [0.2, 0.25) is 0 Å². The normalized spacial score (nSPS) is 25.9. The van der Waals surface area contributed by atoms with Gasteiger partial charge in [0.2, 0.25) is 11.8 Å². The second-order valence-electron chi connectivity index (χ2n) is 6.41. The quantitative estimate of drug-likeness (QED) is 0.793. The predicted octanol–water partition coefficient (Wildman–Crippen LogP) is 0.209. The highest BCUT2D eigenvalue weighted by Gasteiger charge is 2.44. The molecule has 0 aromatic heterocycles. The number of nitrogens with one attached hydrogen (secondary N) is 1. The highest BCUT2D eigenvalue weighted by Crippen LogP contribution is 2.39. The lowest BCUT2D eigenvalue weighted by molar-refractivity contribution is -0.137. The molecular formula is C14H23N3O2. The zero-order valence-corrected chi connectivity index (χ0v) is 11.7. The molecule has 2 amide bonds. The van der Waals surface area contributed by atoms with Crippen molar-refractivity contribution in [2.45, 2.75) is 38.1 Å². The number of likely N-dealkylation sites (N-methyl/N-ethyl adjacent to an activating group) is 1. The zero-order valence-electron chi connectivity index (χ0n) is 11.7. The Balaban J connectivity index is 1.59. The van der Waals surface area contributed by atoms with Gasteiger partial charge in [0.1, 0.15) is 0 Å². The summed E-state index contributed by atoms with van der Waals surface area (Å²) in [7, 11) is 1.86. The maximum absolute atomic E-state index is 12.1. The standard InChI is InChI=1S/C14H23N3O2/c1-16(11-2-3-11)13(19)9-17-10-14(8-12(17)18)4-6-15-7-5-14/h11,15H,2-10H2,1H3. The number of nitrogens with zero attached hydrogens (tertiary/aromatic N) is 2. The van der Waals surface area contributed by atoms with E-state index in [0.717, 1.165) is 45.3 Å². The fourth-order valence-electron chi connectivity index (χ4n) is 3.36. The molecule has 1 saturated carbocycles. The summed E-state index contributed by atoms with van der Waals surface area (Å²) in [6.45, 7) is 3.05. The smallest absolute Gasteiger partial charge is 0.242 e. The van der Waals surface area contributed by atoms with Crippen molar-refractivity contribution in [3.63, 3.8) is 0 Å². The van der Waals surface area contributed by atoms with E-state index >= 15 is 0 Å². The third-order valence-corrected chi connectivity index (χ3v) is 4.88. The molecule has 1 aliphatic carbocycles. The molecule has 3 fully saturated rings. The van der Waals surface area contributed by atoms with E-state index in [0.29, 0.717) is 12.5 Å². The number of rotatable bonds is 3. The highest BCUT2D eigenvalue weighted by molar-refractivity contribution is 5.86. The third-order valence-electron chi connectivity index (χ3n) is 4.88. The Hall–Kier alpha value is -1.10. The summed E-state index contributed by atoms with van der Waals surface area (Å²) >= 11 is 0. The minimum absolute atomic E-state index is 0.0989. The van der Waals surface area contributed by atoms with Gasteiger partial charge in [-0.15, -0.1) is 0 Å². The maximum atomic E-state index is 12.1. The van der Waals surface area contributed by atoms with Gasteiger partial charge in [-0.2, -0.15) is 0 Å². The number of hydrogen-bond donors (Lipinski definition) is 1. The van der Waals surface area contributed by atoms with E-state index in [4.69, 9.17) is 0 Å². The number of piperidine rings is 1. The number of amides is 2. The van der Waals surface area contributed by atoms with Crippen molar-refractivity contribution in [3.05, 3.63) is 0 Å². The van der Waals surface area contributed by atoms with Crippen LogP contribution in [0.5, 0.6) is 0 Å². The summed E-state index contributed by atoms with van der Waals surface area (Å²) in [6.07, 6.45) is 4.98. The van der Waals surface area contributed by atoms with E-state index in [9.17, 15) is 9.59 Å². The van der Waals surface area contributed by atoms with Crippen LogP contribution in [0.4, 0.5) is 0 Å². The molecule has 3 rings (SSSR count). The number of carbonyl (C=O) groups is 2. The Bertz CT molecular complexity index is 386. The predicted molar refractivity (Wildman–Crippen MR) is 71.5 cm³/mol. The molecule has 2 heterocycles. The lowest BCUT2D eigenvalue weighted by Gasteiger charge is -2.33. The first kappa shape index (κ1) is 12.9. The van der Waals surface area contributed by atoms with Crippen LogP contribution in [0.1, 0.15) is 32.1 Å². The fourth-order valence-corrected chi connectivity index (χ4v) is 3.36. The second kappa shape index (κ2) is 4.78. The number of likely N-dealkylation sites (tertiary alicyclic amines) is 1. The minimum atomic E-state index is 0.0989. The summed E-state index contributed by atoms with van der Waals surface area (Å²) in [6, 6.07) is 0.429. The molecule has 0 radical (unpaired) electrons. The van der Waals surface area contributed by atoms with Crippen LogP contribution in [-0.2, 0) is 9.59 Å². The Morgan fingerprint density at radius 1 is 1.42 bits per heavy atom. The highest BCUT2D eigenvalue weighted by atomic mass is 16.2. The first-order valence-corrected chi connectivity index (χ1v) is 7.34. The van der Waals surface area contributed by atoms with Crippen LogP contribution < -0.4 is 5.32 Å². The van der Waals surface area contributed by atoms with Crippen molar-refractivity contribution in [3.8, 4) is 0 Å². The second-order valence-corrected chi connectivity index (χ2v) is 6.41. The fraction of sp³-hybridized carbons (Fsp3) is 0.857. The summed E-state index contributed by atoms with van der Waals surface area (Å²) in [4.78, 5) is 27.8. The Morgan fingerprint density at radius 3 is 2.74 bits per heavy atom. The van der Waals surface area contributed by atoms with Crippen molar-refractivity contribution >= 4 is 11.8 Å². The van der Waals surface area contributed by atoms with Crippen molar-refractivity contribution < 1.29 is 9.59 Å². The molecule has 0 aromatic carbocycles. The molecule has 0 bridgehead atoms. The lowest BCUT2D eigenvalue weighted by atomic mass is 9.78. The summed E-state index contributed by atoms with van der Waals surface area (Å²) < 4.78 is 0. The van der Waals surface area contributed by atoms with E-state index in [2.05, 4.69) is 5.32 Å². The van der Waals surface area contributed by atoms with E-state index < -0.39 is 0 Å². The first-order valence-electron chi connectivity index (χ1n) is 7.34. The van der Waals surface area contributed by atoms with Crippen molar-refractivity contribution in [2.75, 3.05) is 33.2 Å². The van der Waals surface area contributed by atoms with Crippen LogP contribution in [-0.4, -0.2) is 60.9 Å². The topological polar surface area (TPSA) is 52.7 Å². The van der Waals surface area contributed by atoms with Gasteiger partial charge >= 0.3 is 0 Å². The van der Waals surface area contributed by atoms with Crippen molar-refractivity contribution in [1.82, 2.24) is 15.1 Å². The van der Waals surface area contributed by atoms with Crippen LogP contribution in [0.25, 0.3) is 0 Å². The molecule has 0 unspecified atom stereocenters. The van der Waals surface area contributed by atoms with Crippen LogP contribution in [0.3, 0.4) is 0 Å². The largest absolute Gasteiger partial charge is 0.341 e. The Morgan fingerprint density at radius 2 is 2.11 bits per heavy atom. The van der Waals surface area contributed by atoms with Gasteiger partial charge in [-0.3, -0.25) is 9.59 Å².